The van der Waals surface area contributed by atoms with E-state index in [0.29, 0.717) is 0 Å². The van der Waals surface area contributed by atoms with Crippen LogP contribution in [-0.4, -0.2) is 54.4 Å². The van der Waals surface area contributed by atoms with Crippen LogP contribution in [0.4, 0.5) is 4.79 Å². The first kappa shape index (κ1) is 22.8. The summed E-state index contributed by atoms with van der Waals surface area (Å²) in [6.45, 7) is 12.2. The van der Waals surface area contributed by atoms with Crippen LogP contribution < -0.4 is 10.6 Å². The predicted octanol–water partition coefficient (Wildman–Crippen LogP) is 2.96. The molecule has 0 bridgehead atoms. The fraction of sp³-hybridized carbons (Fsp3) is 0.938. The molecule has 138 valence electrons. The molecule has 0 aromatic rings. The molecular formula is C16H33Cl2N3O2. The molecule has 2 aliphatic rings. The van der Waals surface area contributed by atoms with E-state index in [-0.39, 0.29) is 36.4 Å². The Hall–Kier alpha value is -0.230. The van der Waals surface area contributed by atoms with Crippen LogP contribution in [0.5, 0.6) is 0 Å². The smallest absolute Gasteiger partial charge is 0.408 e. The molecule has 0 aliphatic carbocycles. The summed E-state index contributed by atoms with van der Waals surface area (Å²) in [4.78, 5) is 14.6. The Morgan fingerprint density at radius 3 is 2.17 bits per heavy atom. The molecule has 7 heteroatoms. The second kappa shape index (κ2) is 9.30. The van der Waals surface area contributed by atoms with Crippen molar-refractivity contribution in [1.29, 1.82) is 0 Å². The maximum atomic E-state index is 12.0. The van der Waals surface area contributed by atoms with Gasteiger partial charge in [-0.05, 0) is 66.5 Å². The highest BCUT2D eigenvalue weighted by Gasteiger charge is 2.35. The maximum Gasteiger partial charge on any atom is 0.408 e. The largest absolute Gasteiger partial charge is 0.444 e. The van der Waals surface area contributed by atoms with Crippen molar-refractivity contribution in [3.63, 3.8) is 0 Å². The highest BCUT2D eigenvalue weighted by Crippen LogP contribution is 2.25. The van der Waals surface area contributed by atoms with Crippen LogP contribution >= 0.6 is 24.8 Å². The van der Waals surface area contributed by atoms with Gasteiger partial charge in [0.05, 0.1) is 0 Å². The summed E-state index contributed by atoms with van der Waals surface area (Å²) in [6.07, 6.45) is 4.19. The number of nitrogens with one attached hydrogen (secondary N) is 2. The minimum atomic E-state index is -0.434. The van der Waals surface area contributed by atoms with Gasteiger partial charge in [-0.25, -0.2) is 4.79 Å². The monoisotopic (exact) mass is 369 g/mol. The number of nitrogens with zero attached hydrogens (tertiary/aromatic N) is 1. The Kier molecular flexibility index (Phi) is 9.21. The number of amides is 1. The fourth-order valence-corrected chi connectivity index (χ4v) is 3.23. The summed E-state index contributed by atoms with van der Waals surface area (Å²) < 4.78 is 5.38. The Bertz CT molecular complexity index is 361. The lowest BCUT2D eigenvalue weighted by atomic mass is 9.88. The topological polar surface area (TPSA) is 53.6 Å². The van der Waals surface area contributed by atoms with Crippen molar-refractivity contribution in [3.8, 4) is 0 Å². The molecule has 0 unspecified atom stereocenters. The zero-order chi connectivity index (χ0) is 15.5. The van der Waals surface area contributed by atoms with Crippen molar-refractivity contribution >= 4 is 30.9 Å². The van der Waals surface area contributed by atoms with E-state index in [9.17, 15) is 4.79 Å². The van der Waals surface area contributed by atoms with Crippen molar-refractivity contribution in [2.45, 2.75) is 70.6 Å². The van der Waals surface area contributed by atoms with E-state index < -0.39 is 5.60 Å². The normalized spacial score (nSPS) is 22.4. The van der Waals surface area contributed by atoms with E-state index in [1.165, 1.54) is 12.8 Å². The minimum Gasteiger partial charge on any atom is -0.444 e. The third-order valence-electron chi connectivity index (χ3n) is 4.53. The lowest BCUT2D eigenvalue weighted by molar-refractivity contribution is 0.0364. The van der Waals surface area contributed by atoms with E-state index in [1.807, 2.05) is 20.8 Å². The summed E-state index contributed by atoms with van der Waals surface area (Å²) in [5.74, 6) is 0. The van der Waals surface area contributed by atoms with Crippen molar-refractivity contribution in [1.82, 2.24) is 15.5 Å². The Morgan fingerprint density at radius 1 is 1.17 bits per heavy atom. The summed E-state index contributed by atoms with van der Waals surface area (Å²) in [5, 5.41) is 6.49. The van der Waals surface area contributed by atoms with Gasteiger partial charge < -0.3 is 20.3 Å². The Balaban J connectivity index is 0.00000242. The second-order valence-corrected chi connectivity index (χ2v) is 7.70. The maximum absolute atomic E-state index is 12.0. The van der Waals surface area contributed by atoms with Gasteiger partial charge in [-0.15, -0.1) is 24.8 Å². The number of carbonyl (C=O) groups is 1. The number of piperidine rings is 2. The van der Waals surface area contributed by atoms with Crippen molar-refractivity contribution in [2.75, 3.05) is 26.2 Å². The van der Waals surface area contributed by atoms with E-state index in [1.54, 1.807) is 0 Å². The summed E-state index contributed by atoms with van der Waals surface area (Å²) in [6, 6.07) is 0.720. The average molecular weight is 370 g/mol. The Morgan fingerprint density at radius 2 is 1.70 bits per heavy atom. The van der Waals surface area contributed by atoms with E-state index in [2.05, 4.69) is 22.5 Å². The van der Waals surface area contributed by atoms with Gasteiger partial charge in [-0.3, -0.25) is 0 Å². The third kappa shape index (κ3) is 7.46. The standard InChI is InChI=1S/C16H31N3O2.2ClH/c1-15(2,3)21-14(20)18-16(4)7-11-19(12-8-16)13-5-9-17-10-6-13;;/h13,17H,5-12H2,1-4H3,(H,18,20);2*1H. The first-order valence-corrected chi connectivity index (χ1v) is 8.23. The molecule has 0 spiro atoms. The number of halogens is 2. The molecule has 2 aliphatic heterocycles. The quantitative estimate of drug-likeness (QED) is 0.785. The Labute approximate surface area is 153 Å². The van der Waals surface area contributed by atoms with Gasteiger partial charge in [0.1, 0.15) is 5.60 Å². The van der Waals surface area contributed by atoms with Crippen molar-refractivity contribution in [3.05, 3.63) is 0 Å². The van der Waals surface area contributed by atoms with Crippen LogP contribution in [0.3, 0.4) is 0 Å². The van der Waals surface area contributed by atoms with Crippen molar-refractivity contribution < 1.29 is 9.53 Å². The number of alkyl carbamates (subject to hydrolysis) is 1. The lowest BCUT2D eigenvalue weighted by Gasteiger charge is -2.44. The molecule has 2 N–H and O–H groups in total. The van der Waals surface area contributed by atoms with E-state index in [4.69, 9.17) is 4.74 Å². The SMILES string of the molecule is CC1(NC(=O)OC(C)(C)C)CCN(C2CCNCC2)CC1.Cl.Cl. The number of carbonyl (C=O) groups excluding carboxylic acids is 1. The molecule has 0 aromatic heterocycles. The average Bonchev–Trinajstić information content (AvgIpc) is 2.37. The van der Waals surface area contributed by atoms with Gasteiger partial charge in [0, 0.05) is 24.7 Å². The van der Waals surface area contributed by atoms with Gasteiger partial charge in [0.25, 0.3) is 0 Å². The van der Waals surface area contributed by atoms with Crippen LogP contribution in [0.2, 0.25) is 0 Å². The molecule has 0 saturated carbocycles. The number of likely N-dealkylation sites (tertiary alicyclic amines) is 1. The van der Waals surface area contributed by atoms with Crippen LogP contribution in [-0.2, 0) is 4.74 Å². The van der Waals surface area contributed by atoms with E-state index in [0.717, 1.165) is 45.1 Å². The minimum absolute atomic E-state index is 0. The third-order valence-corrected chi connectivity index (χ3v) is 4.53. The molecular weight excluding hydrogens is 337 g/mol. The second-order valence-electron chi connectivity index (χ2n) is 7.70. The first-order valence-electron chi connectivity index (χ1n) is 8.23. The molecule has 2 rings (SSSR count). The molecule has 2 heterocycles. The number of hydrogen-bond donors (Lipinski definition) is 2. The number of rotatable bonds is 2. The fourth-order valence-electron chi connectivity index (χ4n) is 3.23. The summed E-state index contributed by atoms with van der Waals surface area (Å²) in [7, 11) is 0. The van der Waals surface area contributed by atoms with Gasteiger partial charge in [-0.1, -0.05) is 0 Å². The van der Waals surface area contributed by atoms with Gasteiger partial charge >= 0.3 is 6.09 Å². The lowest BCUT2D eigenvalue weighted by Crippen LogP contribution is -2.56. The first-order chi connectivity index (χ1) is 9.77. The highest BCUT2D eigenvalue weighted by molar-refractivity contribution is 5.85. The van der Waals surface area contributed by atoms with Crippen LogP contribution in [0.25, 0.3) is 0 Å². The molecule has 1 amide bonds. The molecule has 0 atom stereocenters. The molecule has 2 fully saturated rings. The predicted molar refractivity (Wildman–Crippen MR) is 99.0 cm³/mol. The van der Waals surface area contributed by atoms with Crippen LogP contribution in [0.15, 0.2) is 0 Å². The zero-order valence-electron chi connectivity index (χ0n) is 14.8. The highest BCUT2D eigenvalue weighted by atomic mass is 35.5. The number of ether oxygens (including phenoxy) is 1. The molecule has 2 saturated heterocycles. The molecule has 0 aromatic carbocycles. The van der Waals surface area contributed by atoms with Crippen LogP contribution in [0.1, 0.15) is 53.4 Å². The zero-order valence-corrected chi connectivity index (χ0v) is 16.4. The van der Waals surface area contributed by atoms with E-state index >= 15 is 0 Å². The number of hydrogen-bond acceptors (Lipinski definition) is 4. The van der Waals surface area contributed by atoms with Gasteiger partial charge in [-0.2, -0.15) is 0 Å². The summed E-state index contributed by atoms with van der Waals surface area (Å²) in [5.41, 5.74) is -0.567. The van der Waals surface area contributed by atoms with Crippen molar-refractivity contribution in [2.24, 2.45) is 0 Å². The summed E-state index contributed by atoms with van der Waals surface area (Å²) >= 11 is 0. The van der Waals surface area contributed by atoms with Crippen LogP contribution in [0, 0.1) is 0 Å². The van der Waals surface area contributed by atoms with Gasteiger partial charge in [0.2, 0.25) is 0 Å². The van der Waals surface area contributed by atoms with Gasteiger partial charge in [0.15, 0.2) is 0 Å². The molecule has 0 radical (unpaired) electrons. The molecule has 5 nitrogen and oxygen atoms in total. The molecule has 23 heavy (non-hydrogen) atoms.